The van der Waals surface area contributed by atoms with Crippen LogP contribution in [0.15, 0.2) is 18.3 Å². The average Bonchev–Trinajstić information content (AvgIpc) is 2.55. The van der Waals surface area contributed by atoms with E-state index < -0.39 is 12.0 Å². The molecule has 4 nitrogen and oxygen atoms in total. The molecular weight excluding hydrogens is 180 g/mol. The van der Waals surface area contributed by atoms with Crippen LogP contribution in [0.2, 0.25) is 0 Å². The lowest BCUT2D eigenvalue weighted by Crippen LogP contribution is -2.40. The van der Waals surface area contributed by atoms with Crippen molar-refractivity contribution in [3.63, 3.8) is 0 Å². The lowest BCUT2D eigenvalue weighted by atomic mass is 10.0. The third-order valence-electron chi connectivity index (χ3n) is 2.11. The van der Waals surface area contributed by atoms with E-state index >= 15 is 0 Å². The minimum atomic E-state index is -0.799. The number of aromatic amines is 1. The summed E-state index contributed by atoms with van der Waals surface area (Å²) in [4.78, 5) is 13.8. The second-order valence-corrected chi connectivity index (χ2v) is 3.64. The van der Waals surface area contributed by atoms with Crippen LogP contribution in [0, 0.1) is 5.92 Å². The largest absolute Gasteiger partial charge is 0.480 e. The molecule has 1 aromatic heterocycles. The first-order chi connectivity index (χ1) is 6.61. The Bertz CT molecular complexity index is 280. The van der Waals surface area contributed by atoms with Crippen LogP contribution in [-0.4, -0.2) is 22.1 Å². The molecule has 0 bridgehead atoms. The van der Waals surface area contributed by atoms with Crippen LogP contribution in [-0.2, 0) is 11.3 Å². The van der Waals surface area contributed by atoms with Gasteiger partial charge in [-0.3, -0.25) is 10.1 Å². The predicted octanol–water partition coefficient (Wildman–Crippen LogP) is 1.21. The molecule has 0 fully saturated rings. The molecule has 1 rings (SSSR count). The molecule has 0 saturated heterocycles. The highest BCUT2D eigenvalue weighted by Gasteiger charge is 2.20. The van der Waals surface area contributed by atoms with E-state index in [4.69, 9.17) is 5.11 Å². The van der Waals surface area contributed by atoms with Crippen LogP contribution >= 0.6 is 0 Å². The van der Waals surface area contributed by atoms with Crippen LogP contribution in [0.5, 0.6) is 0 Å². The van der Waals surface area contributed by atoms with Crippen molar-refractivity contribution in [2.24, 2.45) is 5.92 Å². The van der Waals surface area contributed by atoms with E-state index in [-0.39, 0.29) is 5.92 Å². The van der Waals surface area contributed by atoms with Crippen LogP contribution in [0.25, 0.3) is 0 Å². The zero-order valence-electron chi connectivity index (χ0n) is 8.45. The summed E-state index contributed by atoms with van der Waals surface area (Å²) in [6, 6.07) is 3.33. The summed E-state index contributed by atoms with van der Waals surface area (Å²) in [6.45, 7) is 4.34. The van der Waals surface area contributed by atoms with E-state index in [1.165, 1.54) is 0 Å². The van der Waals surface area contributed by atoms with Crippen LogP contribution in [0.1, 0.15) is 19.5 Å². The van der Waals surface area contributed by atoms with E-state index in [2.05, 4.69) is 10.3 Å². The van der Waals surface area contributed by atoms with Gasteiger partial charge in [0.1, 0.15) is 6.04 Å². The summed E-state index contributed by atoms with van der Waals surface area (Å²) in [5.41, 5.74) is 0.997. The van der Waals surface area contributed by atoms with Crippen molar-refractivity contribution in [3.8, 4) is 0 Å². The number of rotatable bonds is 5. The van der Waals surface area contributed by atoms with E-state index in [1.807, 2.05) is 32.2 Å². The summed E-state index contributed by atoms with van der Waals surface area (Å²) in [6.07, 6.45) is 1.82. The molecule has 1 unspecified atom stereocenters. The Morgan fingerprint density at radius 2 is 2.36 bits per heavy atom. The van der Waals surface area contributed by atoms with Gasteiger partial charge in [0.15, 0.2) is 0 Å². The molecule has 3 N–H and O–H groups in total. The zero-order chi connectivity index (χ0) is 10.6. The molecule has 14 heavy (non-hydrogen) atoms. The standard InChI is InChI=1S/C10H16N2O2/c1-7(2)9(10(13)14)12-6-8-4-3-5-11-8/h3-5,7,9,11-12H,6H2,1-2H3,(H,13,14). The second-order valence-electron chi connectivity index (χ2n) is 3.64. The Hall–Kier alpha value is -1.29. The molecule has 0 aromatic carbocycles. The summed E-state index contributed by atoms with van der Waals surface area (Å²) >= 11 is 0. The Labute approximate surface area is 83.3 Å². The number of nitrogens with one attached hydrogen (secondary N) is 2. The molecule has 1 heterocycles. The molecule has 1 atom stereocenters. The maximum absolute atomic E-state index is 10.8. The quantitative estimate of drug-likeness (QED) is 0.663. The SMILES string of the molecule is CC(C)C(NCc1ccc[nH]1)C(=O)O. The number of carbonyl (C=O) groups is 1. The first-order valence-electron chi connectivity index (χ1n) is 4.69. The van der Waals surface area contributed by atoms with Gasteiger partial charge in [0.05, 0.1) is 0 Å². The summed E-state index contributed by atoms with van der Waals surface area (Å²) in [7, 11) is 0. The molecule has 1 aromatic rings. The molecule has 78 valence electrons. The molecule has 0 amide bonds. The Kier molecular flexibility index (Phi) is 3.71. The monoisotopic (exact) mass is 196 g/mol. The first-order valence-corrected chi connectivity index (χ1v) is 4.69. The van der Waals surface area contributed by atoms with Gasteiger partial charge in [-0.05, 0) is 18.1 Å². The minimum Gasteiger partial charge on any atom is -0.480 e. The van der Waals surface area contributed by atoms with Crippen molar-refractivity contribution in [3.05, 3.63) is 24.0 Å². The number of carboxylic acid groups (broad SMARTS) is 1. The smallest absolute Gasteiger partial charge is 0.320 e. The number of aliphatic carboxylic acids is 1. The van der Waals surface area contributed by atoms with Crippen LogP contribution in [0.3, 0.4) is 0 Å². The van der Waals surface area contributed by atoms with Crippen molar-refractivity contribution >= 4 is 5.97 Å². The van der Waals surface area contributed by atoms with Crippen molar-refractivity contribution < 1.29 is 9.90 Å². The maximum atomic E-state index is 10.8. The highest BCUT2D eigenvalue weighted by Crippen LogP contribution is 2.03. The highest BCUT2D eigenvalue weighted by molar-refractivity contribution is 5.73. The van der Waals surface area contributed by atoms with Gasteiger partial charge < -0.3 is 10.1 Å². The lowest BCUT2D eigenvalue weighted by Gasteiger charge is -2.17. The summed E-state index contributed by atoms with van der Waals surface area (Å²) in [5, 5.41) is 11.9. The van der Waals surface area contributed by atoms with Crippen molar-refractivity contribution in [2.45, 2.75) is 26.4 Å². The number of hydrogen-bond acceptors (Lipinski definition) is 2. The van der Waals surface area contributed by atoms with E-state index in [0.29, 0.717) is 6.54 Å². The fourth-order valence-electron chi connectivity index (χ4n) is 1.31. The third-order valence-corrected chi connectivity index (χ3v) is 2.11. The highest BCUT2D eigenvalue weighted by atomic mass is 16.4. The van der Waals surface area contributed by atoms with Crippen LogP contribution in [0.4, 0.5) is 0 Å². The Morgan fingerprint density at radius 3 is 2.79 bits per heavy atom. The topological polar surface area (TPSA) is 65.1 Å². The number of hydrogen-bond donors (Lipinski definition) is 3. The fourth-order valence-corrected chi connectivity index (χ4v) is 1.31. The van der Waals surface area contributed by atoms with Crippen LogP contribution < -0.4 is 5.32 Å². The van der Waals surface area contributed by atoms with E-state index in [0.717, 1.165) is 5.69 Å². The molecule has 4 heteroatoms. The maximum Gasteiger partial charge on any atom is 0.320 e. The number of aromatic nitrogens is 1. The second kappa shape index (κ2) is 4.81. The summed E-state index contributed by atoms with van der Waals surface area (Å²) in [5.74, 6) is -0.714. The van der Waals surface area contributed by atoms with Gasteiger partial charge in [-0.1, -0.05) is 13.8 Å². The number of carboxylic acids is 1. The first kappa shape index (κ1) is 10.8. The summed E-state index contributed by atoms with van der Waals surface area (Å²) < 4.78 is 0. The Balaban J connectivity index is 2.45. The normalized spacial score (nSPS) is 13.1. The molecule has 0 radical (unpaired) electrons. The molecule has 0 spiro atoms. The van der Waals surface area contributed by atoms with E-state index in [9.17, 15) is 4.79 Å². The number of H-pyrrole nitrogens is 1. The molecule has 0 aliphatic heterocycles. The van der Waals surface area contributed by atoms with Gasteiger partial charge in [-0.2, -0.15) is 0 Å². The van der Waals surface area contributed by atoms with Crippen molar-refractivity contribution in [2.75, 3.05) is 0 Å². The average molecular weight is 196 g/mol. The zero-order valence-corrected chi connectivity index (χ0v) is 8.45. The van der Waals surface area contributed by atoms with Gasteiger partial charge in [-0.15, -0.1) is 0 Å². The van der Waals surface area contributed by atoms with Gasteiger partial charge in [-0.25, -0.2) is 0 Å². The third kappa shape index (κ3) is 2.88. The van der Waals surface area contributed by atoms with Crippen molar-refractivity contribution in [1.29, 1.82) is 0 Å². The fraction of sp³-hybridized carbons (Fsp3) is 0.500. The minimum absolute atomic E-state index is 0.0856. The van der Waals surface area contributed by atoms with E-state index in [1.54, 1.807) is 0 Å². The van der Waals surface area contributed by atoms with Gasteiger partial charge in [0, 0.05) is 18.4 Å². The van der Waals surface area contributed by atoms with Gasteiger partial charge >= 0.3 is 5.97 Å². The Morgan fingerprint density at radius 1 is 1.64 bits per heavy atom. The van der Waals surface area contributed by atoms with Gasteiger partial charge in [0.2, 0.25) is 0 Å². The molecule has 0 aliphatic rings. The predicted molar refractivity (Wildman–Crippen MR) is 53.9 cm³/mol. The molecular formula is C10H16N2O2. The molecule has 0 saturated carbocycles. The van der Waals surface area contributed by atoms with Gasteiger partial charge in [0.25, 0.3) is 0 Å². The lowest BCUT2D eigenvalue weighted by molar-refractivity contribution is -0.140. The molecule has 0 aliphatic carbocycles. The van der Waals surface area contributed by atoms with Crippen molar-refractivity contribution in [1.82, 2.24) is 10.3 Å².